The van der Waals surface area contributed by atoms with Crippen molar-refractivity contribution in [3.63, 3.8) is 0 Å². The number of nitrogens with zero attached hydrogens (tertiary/aromatic N) is 2. The molecule has 1 heterocycles. The highest BCUT2D eigenvalue weighted by molar-refractivity contribution is 5.53. The minimum atomic E-state index is -0.122. The van der Waals surface area contributed by atoms with Crippen LogP contribution >= 0.6 is 0 Å². The molecule has 0 saturated carbocycles. The van der Waals surface area contributed by atoms with Gasteiger partial charge in [0.05, 0.1) is 13.2 Å². The Hall–Kier alpha value is -1.42. The number of nitroso groups, excluding NO2 is 1. The summed E-state index contributed by atoms with van der Waals surface area (Å²) in [5.74, 6) is 0. The second-order valence-corrected chi connectivity index (χ2v) is 4.64. The number of hydrogen-bond donors (Lipinski definition) is 0. The standard InChI is InChI=1S/C13H16N2O2/c16-14-13-4-1-10-9-11(2-3-12(10)13)15-5-7-17-8-6-15/h2-3,9,13H,1,4-8H2. The maximum atomic E-state index is 10.7. The molecule has 1 aliphatic carbocycles. The van der Waals surface area contributed by atoms with E-state index in [0.717, 1.165) is 44.7 Å². The number of anilines is 1. The number of morpholine rings is 1. The van der Waals surface area contributed by atoms with Crippen LogP contribution in [0.15, 0.2) is 23.4 Å². The van der Waals surface area contributed by atoms with E-state index < -0.39 is 0 Å². The number of aryl methyl sites for hydroxylation is 1. The van der Waals surface area contributed by atoms with Crippen molar-refractivity contribution < 1.29 is 4.74 Å². The summed E-state index contributed by atoms with van der Waals surface area (Å²) in [6.07, 6.45) is 1.84. The van der Waals surface area contributed by atoms with Gasteiger partial charge < -0.3 is 9.64 Å². The van der Waals surface area contributed by atoms with Crippen LogP contribution in [0.5, 0.6) is 0 Å². The van der Waals surface area contributed by atoms with Crippen LogP contribution in [-0.2, 0) is 11.2 Å². The first kappa shape index (κ1) is 10.7. The molecule has 4 heteroatoms. The van der Waals surface area contributed by atoms with E-state index in [4.69, 9.17) is 4.74 Å². The van der Waals surface area contributed by atoms with E-state index in [0.29, 0.717) is 0 Å². The average molecular weight is 232 g/mol. The van der Waals surface area contributed by atoms with Gasteiger partial charge in [0.1, 0.15) is 6.04 Å². The highest BCUT2D eigenvalue weighted by Gasteiger charge is 2.24. The van der Waals surface area contributed by atoms with Crippen LogP contribution in [0.2, 0.25) is 0 Å². The van der Waals surface area contributed by atoms with Crippen LogP contribution in [0.3, 0.4) is 0 Å². The number of fused-ring (bicyclic) bond motifs is 1. The largest absolute Gasteiger partial charge is 0.378 e. The predicted octanol–water partition coefficient (Wildman–Crippen LogP) is 2.28. The minimum Gasteiger partial charge on any atom is -0.378 e. The molecule has 4 nitrogen and oxygen atoms in total. The van der Waals surface area contributed by atoms with Crippen molar-refractivity contribution in [2.24, 2.45) is 5.18 Å². The molecule has 1 fully saturated rings. The van der Waals surface area contributed by atoms with Gasteiger partial charge >= 0.3 is 0 Å². The van der Waals surface area contributed by atoms with E-state index >= 15 is 0 Å². The molecule has 90 valence electrons. The first-order valence-electron chi connectivity index (χ1n) is 6.16. The van der Waals surface area contributed by atoms with Crippen molar-refractivity contribution in [1.29, 1.82) is 0 Å². The van der Waals surface area contributed by atoms with Crippen LogP contribution in [-0.4, -0.2) is 26.3 Å². The molecule has 1 aromatic rings. The lowest BCUT2D eigenvalue weighted by molar-refractivity contribution is 0.122. The van der Waals surface area contributed by atoms with Crippen LogP contribution in [0, 0.1) is 4.91 Å². The monoisotopic (exact) mass is 232 g/mol. The normalized spacial score (nSPS) is 23.5. The second-order valence-electron chi connectivity index (χ2n) is 4.64. The second kappa shape index (κ2) is 4.45. The Kier molecular flexibility index (Phi) is 2.81. The zero-order valence-corrected chi connectivity index (χ0v) is 9.76. The van der Waals surface area contributed by atoms with Gasteiger partial charge in [0.15, 0.2) is 0 Å². The van der Waals surface area contributed by atoms with Crippen LogP contribution in [0.25, 0.3) is 0 Å². The smallest absolute Gasteiger partial charge is 0.117 e. The molecule has 1 atom stereocenters. The zero-order valence-electron chi connectivity index (χ0n) is 9.76. The third-order valence-electron chi connectivity index (χ3n) is 3.68. The van der Waals surface area contributed by atoms with Gasteiger partial charge in [-0.3, -0.25) is 0 Å². The molecule has 17 heavy (non-hydrogen) atoms. The Morgan fingerprint density at radius 2 is 2.12 bits per heavy atom. The molecule has 2 aliphatic rings. The van der Waals surface area contributed by atoms with E-state index in [2.05, 4.69) is 28.3 Å². The van der Waals surface area contributed by atoms with Gasteiger partial charge in [-0.25, -0.2) is 0 Å². The van der Waals surface area contributed by atoms with Gasteiger partial charge in [-0.2, -0.15) is 4.91 Å². The summed E-state index contributed by atoms with van der Waals surface area (Å²) in [6.45, 7) is 3.51. The Bertz CT molecular complexity index is 427. The summed E-state index contributed by atoms with van der Waals surface area (Å²) >= 11 is 0. The van der Waals surface area contributed by atoms with Gasteiger partial charge in [0.25, 0.3) is 0 Å². The molecular weight excluding hydrogens is 216 g/mol. The lowest BCUT2D eigenvalue weighted by Crippen LogP contribution is -2.36. The van der Waals surface area contributed by atoms with Crippen LogP contribution in [0.1, 0.15) is 23.6 Å². The van der Waals surface area contributed by atoms with Crippen molar-refractivity contribution in [2.45, 2.75) is 18.9 Å². The van der Waals surface area contributed by atoms with E-state index in [1.54, 1.807) is 0 Å². The SMILES string of the molecule is O=NC1CCc2cc(N3CCOCC3)ccc21. The topological polar surface area (TPSA) is 41.9 Å². The molecule has 1 saturated heterocycles. The Labute approximate surface area is 101 Å². The quantitative estimate of drug-likeness (QED) is 0.734. The van der Waals surface area contributed by atoms with Crippen molar-refractivity contribution in [3.8, 4) is 0 Å². The van der Waals surface area contributed by atoms with Gasteiger partial charge in [-0.05, 0) is 36.1 Å². The van der Waals surface area contributed by atoms with E-state index in [1.807, 2.05) is 0 Å². The molecule has 1 aromatic carbocycles. The molecule has 0 aromatic heterocycles. The van der Waals surface area contributed by atoms with Crippen LogP contribution < -0.4 is 4.90 Å². The summed E-state index contributed by atoms with van der Waals surface area (Å²) in [5, 5.41) is 3.19. The molecule has 0 radical (unpaired) electrons. The molecule has 1 aliphatic heterocycles. The molecule has 0 amide bonds. The molecule has 0 N–H and O–H groups in total. The predicted molar refractivity (Wildman–Crippen MR) is 66.3 cm³/mol. The summed E-state index contributed by atoms with van der Waals surface area (Å²) in [4.78, 5) is 13.0. The number of ether oxygens (including phenoxy) is 1. The minimum absolute atomic E-state index is 0.122. The van der Waals surface area contributed by atoms with Gasteiger partial charge in [-0.15, -0.1) is 0 Å². The molecular formula is C13H16N2O2. The van der Waals surface area contributed by atoms with Crippen molar-refractivity contribution in [3.05, 3.63) is 34.2 Å². The fourth-order valence-electron chi connectivity index (χ4n) is 2.71. The highest BCUT2D eigenvalue weighted by Crippen LogP contribution is 2.36. The Morgan fingerprint density at radius 1 is 1.29 bits per heavy atom. The fraction of sp³-hybridized carbons (Fsp3) is 0.538. The van der Waals surface area contributed by atoms with Gasteiger partial charge in [-0.1, -0.05) is 11.2 Å². The molecule has 3 rings (SSSR count). The van der Waals surface area contributed by atoms with Crippen molar-refractivity contribution in [2.75, 3.05) is 31.2 Å². The third-order valence-corrected chi connectivity index (χ3v) is 3.68. The summed E-state index contributed by atoms with van der Waals surface area (Å²) in [5.41, 5.74) is 3.66. The van der Waals surface area contributed by atoms with Gasteiger partial charge in [0.2, 0.25) is 0 Å². The number of benzene rings is 1. The van der Waals surface area contributed by atoms with E-state index in [9.17, 15) is 4.91 Å². The lowest BCUT2D eigenvalue weighted by Gasteiger charge is -2.29. The molecule has 0 spiro atoms. The summed E-state index contributed by atoms with van der Waals surface area (Å²) < 4.78 is 5.35. The maximum absolute atomic E-state index is 10.7. The van der Waals surface area contributed by atoms with Crippen molar-refractivity contribution >= 4 is 5.69 Å². The first-order chi connectivity index (χ1) is 8.38. The Morgan fingerprint density at radius 3 is 2.88 bits per heavy atom. The molecule has 0 bridgehead atoms. The first-order valence-corrected chi connectivity index (χ1v) is 6.16. The van der Waals surface area contributed by atoms with Crippen molar-refractivity contribution in [1.82, 2.24) is 0 Å². The summed E-state index contributed by atoms with van der Waals surface area (Å²) in [7, 11) is 0. The number of hydrogen-bond acceptors (Lipinski definition) is 4. The maximum Gasteiger partial charge on any atom is 0.117 e. The average Bonchev–Trinajstić information content (AvgIpc) is 2.81. The van der Waals surface area contributed by atoms with Crippen LogP contribution in [0.4, 0.5) is 5.69 Å². The van der Waals surface area contributed by atoms with Gasteiger partial charge in [0, 0.05) is 18.8 Å². The van der Waals surface area contributed by atoms with E-state index in [1.165, 1.54) is 11.3 Å². The summed E-state index contributed by atoms with van der Waals surface area (Å²) in [6, 6.07) is 6.27. The van der Waals surface area contributed by atoms with E-state index in [-0.39, 0.29) is 6.04 Å². The lowest BCUT2D eigenvalue weighted by atomic mass is 10.1. The highest BCUT2D eigenvalue weighted by atomic mass is 16.5. The molecule has 1 unspecified atom stereocenters. The third kappa shape index (κ3) is 1.93. The number of rotatable bonds is 2. The fourth-order valence-corrected chi connectivity index (χ4v) is 2.71. The Balaban J connectivity index is 1.86. The zero-order chi connectivity index (χ0) is 11.7.